The molecule has 0 saturated carbocycles. The van der Waals surface area contributed by atoms with E-state index in [1.54, 1.807) is 11.8 Å². The summed E-state index contributed by atoms with van der Waals surface area (Å²) in [7, 11) is 0. The monoisotopic (exact) mass is 432 g/mol. The normalized spacial score (nSPS) is 11.9. The standard InChI is InChI=1S/C27H32N2O3/c1-19(2)16-28-27(31)21(4)29(17-23-12-6-5-10-20(23)3)26(30)18-32-25-15-9-13-22-11-7-8-14-24(22)25/h5-15,19,21H,16-18H2,1-4H3,(H,28,31). The molecule has 2 amide bonds. The van der Waals surface area contributed by atoms with Crippen LogP contribution in [0.25, 0.3) is 10.8 Å². The van der Waals surface area contributed by atoms with Gasteiger partial charge in [0, 0.05) is 18.5 Å². The Hall–Kier alpha value is -3.34. The molecule has 1 atom stereocenters. The number of nitrogens with zero attached hydrogens (tertiary/aromatic N) is 1. The minimum absolute atomic E-state index is 0.137. The molecule has 0 aliphatic carbocycles. The Bertz CT molecular complexity index is 1070. The van der Waals surface area contributed by atoms with Gasteiger partial charge in [0.1, 0.15) is 11.8 Å². The molecule has 5 nitrogen and oxygen atoms in total. The topological polar surface area (TPSA) is 58.6 Å². The van der Waals surface area contributed by atoms with Crippen molar-refractivity contribution in [1.29, 1.82) is 0 Å². The summed E-state index contributed by atoms with van der Waals surface area (Å²) in [5.41, 5.74) is 2.09. The van der Waals surface area contributed by atoms with E-state index in [1.165, 1.54) is 0 Å². The predicted molar refractivity (Wildman–Crippen MR) is 128 cm³/mol. The lowest BCUT2D eigenvalue weighted by Gasteiger charge is -2.29. The molecule has 0 fully saturated rings. The molecule has 0 radical (unpaired) electrons. The predicted octanol–water partition coefficient (Wildman–Crippen LogP) is 4.72. The fourth-order valence-electron chi connectivity index (χ4n) is 3.55. The maximum absolute atomic E-state index is 13.3. The van der Waals surface area contributed by atoms with Crippen molar-refractivity contribution in [1.82, 2.24) is 10.2 Å². The number of carbonyl (C=O) groups excluding carboxylic acids is 2. The minimum Gasteiger partial charge on any atom is -0.483 e. The number of nitrogens with one attached hydrogen (secondary N) is 1. The lowest BCUT2D eigenvalue weighted by Crippen LogP contribution is -2.49. The summed E-state index contributed by atoms with van der Waals surface area (Å²) in [6, 6.07) is 21.0. The molecule has 1 N–H and O–H groups in total. The molecule has 0 bridgehead atoms. The second kappa shape index (κ2) is 10.8. The van der Waals surface area contributed by atoms with Crippen molar-refractivity contribution in [2.24, 2.45) is 5.92 Å². The lowest BCUT2D eigenvalue weighted by atomic mass is 10.1. The van der Waals surface area contributed by atoms with Gasteiger partial charge >= 0.3 is 0 Å². The third kappa shape index (κ3) is 5.88. The van der Waals surface area contributed by atoms with Crippen LogP contribution in [0.4, 0.5) is 0 Å². The Morgan fingerprint density at radius 3 is 2.38 bits per heavy atom. The van der Waals surface area contributed by atoms with Gasteiger partial charge in [-0.05, 0) is 42.3 Å². The first-order valence-electron chi connectivity index (χ1n) is 11.1. The van der Waals surface area contributed by atoms with Gasteiger partial charge in [0.15, 0.2) is 6.61 Å². The molecule has 32 heavy (non-hydrogen) atoms. The summed E-state index contributed by atoms with van der Waals surface area (Å²) in [4.78, 5) is 27.6. The van der Waals surface area contributed by atoms with Gasteiger partial charge in [0.2, 0.25) is 5.91 Å². The molecule has 0 aliphatic heterocycles. The summed E-state index contributed by atoms with van der Waals surface area (Å²) in [6.45, 7) is 8.64. The molecular formula is C27H32N2O3. The zero-order valence-electron chi connectivity index (χ0n) is 19.3. The molecule has 168 valence electrons. The maximum atomic E-state index is 13.3. The average Bonchev–Trinajstić information content (AvgIpc) is 2.80. The summed E-state index contributed by atoms with van der Waals surface area (Å²) < 4.78 is 5.94. The van der Waals surface area contributed by atoms with E-state index >= 15 is 0 Å². The number of benzene rings is 3. The number of amides is 2. The Labute approximate surface area is 190 Å². The Morgan fingerprint density at radius 2 is 1.62 bits per heavy atom. The molecule has 3 aromatic rings. The van der Waals surface area contributed by atoms with Gasteiger partial charge in [0.25, 0.3) is 5.91 Å². The Kier molecular flexibility index (Phi) is 7.87. The Morgan fingerprint density at radius 1 is 0.938 bits per heavy atom. The van der Waals surface area contributed by atoms with Crippen molar-refractivity contribution in [3.05, 3.63) is 77.9 Å². The van der Waals surface area contributed by atoms with Crippen LogP contribution >= 0.6 is 0 Å². The molecule has 0 aliphatic rings. The van der Waals surface area contributed by atoms with Crippen molar-refractivity contribution in [3.8, 4) is 5.75 Å². The molecule has 3 rings (SSSR count). The van der Waals surface area contributed by atoms with Gasteiger partial charge in [-0.2, -0.15) is 0 Å². The fraction of sp³-hybridized carbons (Fsp3) is 0.333. The highest BCUT2D eigenvalue weighted by Gasteiger charge is 2.27. The summed E-state index contributed by atoms with van der Waals surface area (Å²) in [5.74, 6) is 0.602. The van der Waals surface area contributed by atoms with Crippen molar-refractivity contribution < 1.29 is 14.3 Å². The first-order valence-corrected chi connectivity index (χ1v) is 11.1. The summed E-state index contributed by atoms with van der Waals surface area (Å²) in [6.07, 6.45) is 0. The number of hydrogen-bond acceptors (Lipinski definition) is 3. The van der Waals surface area contributed by atoms with Gasteiger partial charge in [-0.15, -0.1) is 0 Å². The highest BCUT2D eigenvalue weighted by molar-refractivity contribution is 5.90. The van der Waals surface area contributed by atoms with Crippen LogP contribution in [0.3, 0.4) is 0 Å². The summed E-state index contributed by atoms with van der Waals surface area (Å²) in [5, 5.41) is 4.95. The molecule has 0 heterocycles. The van der Waals surface area contributed by atoms with Crippen molar-refractivity contribution in [3.63, 3.8) is 0 Å². The van der Waals surface area contributed by atoms with Crippen LogP contribution in [0.1, 0.15) is 31.9 Å². The third-order valence-corrected chi connectivity index (χ3v) is 5.55. The zero-order valence-corrected chi connectivity index (χ0v) is 19.3. The first kappa shape index (κ1) is 23.3. The number of rotatable bonds is 9. The molecule has 5 heteroatoms. The molecule has 0 aromatic heterocycles. The number of ether oxygens (including phenoxy) is 1. The lowest BCUT2D eigenvalue weighted by molar-refractivity contribution is -0.142. The highest BCUT2D eigenvalue weighted by atomic mass is 16.5. The van der Waals surface area contributed by atoms with Crippen LogP contribution in [0.5, 0.6) is 5.75 Å². The van der Waals surface area contributed by atoms with Gasteiger partial charge < -0.3 is 15.0 Å². The molecule has 1 unspecified atom stereocenters. The minimum atomic E-state index is -0.614. The van der Waals surface area contributed by atoms with Crippen LogP contribution in [0.2, 0.25) is 0 Å². The second-order valence-electron chi connectivity index (χ2n) is 8.53. The maximum Gasteiger partial charge on any atom is 0.261 e. The van der Waals surface area contributed by atoms with E-state index in [0.29, 0.717) is 24.8 Å². The zero-order chi connectivity index (χ0) is 23.1. The van der Waals surface area contributed by atoms with E-state index in [9.17, 15) is 9.59 Å². The third-order valence-electron chi connectivity index (χ3n) is 5.55. The van der Waals surface area contributed by atoms with Crippen molar-refractivity contribution in [2.45, 2.75) is 40.3 Å². The Balaban J connectivity index is 1.78. The van der Waals surface area contributed by atoms with Crippen LogP contribution in [-0.2, 0) is 16.1 Å². The molecule has 0 spiro atoms. The van der Waals surface area contributed by atoms with E-state index in [4.69, 9.17) is 4.74 Å². The van der Waals surface area contributed by atoms with Crippen LogP contribution < -0.4 is 10.1 Å². The fourth-order valence-corrected chi connectivity index (χ4v) is 3.55. The quantitative estimate of drug-likeness (QED) is 0.532. The van der Waals surface area contributed by atoms with Crippen molar-refractivity contribution >= 4 is 22.6 Å². The van der Waals surface area contributed by atoms with Crippen molar-refractivity contribution in [2.75, 3.05) is 13.2 Å². The van der Waals surface area contributed by atoms with Gasteiger partial charge in [-0.3, -0.25) is 9.59 Å². The highest BCUT2D eigenvalue weighted by Crippen LogP contribution is 2.25. The number of hydrogen-bond donors (Lipinski definition) is 1. The first-order chi connectivity index (χ1) is 15.4. The van der Waals surface area contributed by atoms with E-state index in [1.807, 2.05) is 87.5 Å². The van der Waals surface area contributed by atoms with Crippen LogP contribution in [-0.4, -0.2) is 35.9 Å². The van der Waals surface area contributed by atoms with E-state index in [0.717, 1.165) is 21.9 Å². The van der Waals surface area contributed by atoms with Gasteiger partial charge in [0.05, 0.1) is 0 Å². The largest absolute Gasteiger partial charge is 0.483 e. The van der Waals surface area contributed by atoms with E-state index < -0.39 is 6.04 Å². The summed E-state index contributed by atoms with van der Waals surface area (Å²) >= 11 is 0. The van der Waals surface area contributed by atoms with E-state index in [-0.39, 0.29) is 18.4 Å². The van der Waals surface area contributed by atoms with Gasteiger partial charge in [-0.1, -0.05) is 74.5 Å². The van der Waals surface area contributed by atoms with Crippen LogP contribution in [0.15, 0.2) is 66.7 Å². The smallest absolute Gasteiger partial charge is 0.261 e. The number of fused-ring (bicyclic) bond motifs is 1. The number of aryl methyl sites for hydroxylation is 1. The van der Waals surface area contributed by atoms with Crippen LogP contribution in [0, 0.1) is 12.8 Å². The van der Waals surface area contributed by atoms with Gasteiger partial charge in [-0.25, -0.2) is 0 Å². The SMILES string of the molecule is Cc1ccccc1CN(C(=O)COc1cccc2ccccc12)C(C)C(=O)NCC(C)C. The molecule has 3 aromatic carbocycles. The second-order valence-corrected chi connectivity index (χ2v) is 8.53. The average molecular weight is 433 g/mol. The molecular weight excluding hydrogens is 400 g/mol. The molecule has 0 saturated heterocycles. The number of carbonyl (C=O) groups is 2. The van der Waals surface area contributed by atoms with E-state index in [2.05, 4.69) is 5.32 Å².